The van der Waals surface area contributed by atoms with E-state index >= 15 is 0 Å². The van der Waals surface area contributed by atoms with Crippen LogP contribution in [0.15, 0.2) is 18.2 Å². The molecule has 4 N–H and O–H groups in total. The Morgan fingerprint density at radius 3 is 2.80 bits per heavy atom. The van der Waals surface area contributed by atoms with Crippen LogP contribution in [0, 0.1) is 12.8 Å². The Labute approximate surface area is 119 Å². The molecule has 0 radical (unpaired) electrons. The van der Waals surface area contributed by atoms with Crippen molar-refractivity contribution in [3.8, 4) is 0 Å². The van der Waals surface area contributed by atoms with E-state index in [9.17, 15) is 9.90 Å². The summed E-state index contributed by atoms with van der Waals surface area (Å²) in [5.41, 5.74) is 8.12. The van der Waals surface area contributed by atoms with E-state index < -0.39 is 0 Å². The van der Waals surface area contributed by atoms with Gasteiger partial charge in [0.1, 0.15) is 0 Å². The number of hydrogen-bond acceptors (Lipinski definition) is 4. The van der Waals surface area contributed by atoms with Crippen LogP contribution in [0.2, 0.25) is 0 Å². The Kier molecular flexibility index (Phi) is 4.62. The maximum atomic E-state index is 12.0. The number of nitrogen functional groups attached to an aromatic ring is 1. The van der Waals surface area contributed by atoms with Crippen LogP contribution in [0.3, 0.4) is 0 Å². The number of carbonyl (C=O) groups excluding carboxylic acids is 1. The molecule has 0 saturated heterocycles. The van der Waals surface area contributed by atoms with Gasteiger partial charge in [-0.3, -0.25) is 9.69 Å². The number of benzene rings is 1. The molecule has 5 heteroatoms. The molecule has 0 bridgehead atoms. The van der Waals surface area contributed by atoms with Gasteiger partial charge in [0.25, 0.3) is 0 Å². The molecule has 1 fully saturated rings. The van der Waals surface area contributed by atoms with Gasteiger partial charge < -0.3 is 16.2 Å². The van der Waals surface area contributed by atoms with E-state index in [1.165, 1.54) is 0 Å². The number of nitrogens with one attached hydrogen (secondary N) is 1. The van der Waals surface area contributed by atoms with Gasteiger partial charge in [0.15, 0.2) is 0 Å². The van der Waals surface area contributed by atoms with Crippen molar-refractivity contribution in [3.63, 3.8) is 0 Å². The van der Waals surface area contributed by atoms with Gasteiger partial charge in [-0.2, -0.15) is 0 Å². The first-order valence-electron chi connectivity index (χ1n) is 6.97. The summed E-state index contributed by atoms with van der Waals surface area (Å²) < 4.78 is 0. The van der Waals surface area contributed by atoms with Crippen LogP contribution in [0.25, 0.3) is 0 Å². The Morgan fingerprint density at radius 2 is 2.20 bits per heavy atom. The van der Waals surface area contributed by atoms with Gasteiger partial charge in [0.2, 0.25) is 5.91 Å². The summed E-state index contributed by atoms with van der Waals surface area (Å²) in [4.78, 5) is 14.0. The highest BCUT2D eigenvalue weighted by Gasteiger charge is 2.28. The van der Waals surface area contributed by atoms with Crippen molar-refractivity contribution in [1.29, 1.82) is 0 Å². The first-order valence-corrected chi connectivity index (χ1v) is 6.97. The van der Waals surface area contributed by atoms with Gasteiger partial charge >= 0.3 is 0 Å². The summed E-state index contributed by atoms with van der Waals surface area (Å²) in [6.45, 7) is 3.10. The highest BCUT2D eigenvalue weighted by Crippen LogP contribution is 2.27. The van der Waals surface area contributed by atoms with Gasteiger partial charge in [0, 0.05) is 6.54 Å². The second-order valence-corrected chi connectivity index (χ2v) is 5.78. The number of amides is 1. The lowest BCUT2D eigenvalue weighted by Crippen LogP contribution is -2.40. The predicted molar refractivity (Wildman–Crippen MR) is 80.4 cm³/mol. The maximum absolute atomic E-state index is 12.0. The van der Waals surface area contributed by atoms with Crippen LogP contribution in [0.4, 0.5) is 11.4 Å². The fraction of sp³-hybridized carbons (Fsp3) is 0.533. The average molecular weight is 277 g/mol. The number of aliphatic hydroxyl groups is 1. The van der Waals surface area contributed by atoms with E-state index in [1.807, 2.05) is 31.0 Å². The molecule has 2 rings (SSSR count). The molecule has 1 aromatic rings. The number of carbonyl (C=O) groups is 1. The van der Waals surface area contributed by atoms with E-state index in [2.05, 4.69) is 5.32 Å². The zero-order valence-electron chi connectivity index (χ0n) is 12.1. The normalized spacial score (nSPS) is 21.6. The lowest BCUT2D eigenvalue weighted by atomic mass is 9.82. The molecule has 20 heavy (non-hydrogen) atoms. The zero-order chi connectivity index (χ0) is 14.7. The molecule has 1 aromatic carbocycles. The highest BCUT2D eigenvalue weighted by molar-refractivity contribution is 5.96. The molecule has 0 aromatic heterocycles. The molecule has 0 heterocycles. The van der Waals surface area contributed by atoms with E-state index in [4.69, 9.17) is 5.73 Å². The fourth-order valence-corrected chi connectivity index (χ4v) is 2.64. The van der Waals surface area contributed by atoms with Crippen molar-refractivity contribution in [2.24, 2.45) is 5.92 Å². The highest BCUT2D eigenvalue weighted by atomic mass is 16.3. The number of aliphatic hydroxyl groups excluding tert-OH is 1. The third-order valence-electron chi connectivity index (χ3n) is 3.76. The third kappa shape index (κ3) is 3.71. The van der Waals surface area contributed by atoms with Crippen molar-refractivity contribution in [3.05, 3.63) is 23.8 Å². The van der Waals surface area contributed by atoms with E-state index in [0.717, 1.165) is 24.9 Å². The summed E-state index contributed by atoms with van der Waals surface area (Å²) >= 11 is 0. The van der Waals surface area contributed by atoms with E-state index in [-0.39, 0.29) is 12.0 Å². The predicted octanol–water partition coefficient (Wildman–Crippen LogP) is 1.22. The molecule has 1 aliphatic rings. The quantitative estimate of drug-likeness (QED) is 0.707. The summed E-state index contributed by atoms with van der Waals surface area (Å²) in [5, 5.41) is 12.1. The standard InChI is InChI=1S/C15H23N3O2/c1-10-4-3-5-13(16)15(10)17-14(20)9-18(2)8-11-6-12(19)7-11/h3-5,11-12,19H,6-9,16H2,1-2H3,(H,17,20). The van der Waals surface area contributed by atoms with Crippen molar-refractivity contribution in [1.82, 2.24) is 4.90 Å². The first kappa shape index (κ1) is 14.8. The van der Waals surface area contributed by atoms with Crippen molar-refractivity contribution < 1.29 is 9.90 Å². The molecule has 0 atom stereocenters. The van der Waals surface area contributed by atoms with Crippen LogP contribution < -0.4 is 11.1 Å². The Bertz CT molecular complexity index is 464. The molecule has 1 aliphatic carbocycles. The Morgan fingerprint density at radius 1 is 1.50 bits per heavy atom. The topological polar surface area (TPSA) is 78.6 Å². The molecule has 1 amide bonds. The third-order valence-corrected chi connectivity index (χ3v) is 3.76. The molecule has 0 spiro atoms. The minimum Gasteiger partial charge on any atom is -0.397 e. The summed E-state index contributed by atoms with van der Waals surface area (Å²) in [6.07, 6.45) is 1.54. The average Bonchev–Trinajstić information content (AvgIpc) is 2.32. The largest absolute Gasteiger partial charge is 0.397 e. The van der Waals surface area contributed by atoms with E-state index in [1.54, 1.807) is 6.07 Å². The molecule has 0 aliphatic heterocycles. The SMILES string of the molecule is Cc1cccc(N)c1NC(=O)CN(C)CC1CC(O)C1. The number of anilines is 2. The number of hydrogen-bond donors (Lipinski definition) is 3. The second kappa shape index (κ2) is 6.24. The van der Waals surface area contributed by atoms with E-state index in [0.29, 0.717) is 23.8 Å². The second-order valence-electron chi connectivity index (χ2n) is 5.78. The zero-order valence-corrected chi connectivity index (χ0v) is 12.1. The van der Waals surface area contributed by atoms with Gasteiger partial charge in [-0.05, 0) is 44.4 Å². The summed E-state index contributed by atoms with van der Waals surface area (Å²) in [6, 6.07) is 5.57. The van der Waals surface area contributed by atoms with Crippen LogP contribution >= 0.6 is 0 Å². The number of likely N-dealkylation sites (N-methyl/N-ethyl adjacent to an activating group) is 1. The van der Waals surface area contributed by atoms with Gasteiger partial charge in [-0.15, -0.1) is 0 Å². The summed E-state index contributed by atoms with van der Waals surface area (Å²) in [5.74, 6) is 0.444. The number of aryl methyl sites for hydroxylation is 1. The van der Waals surface area contributed by atoms with Crippen LogP contribution in [-0.4, -0.2) is 42.2 Å². The number of para-hydroxylation sites is 1. The monoisotopic (exact) mass is 277 g/mol. The van der Waals surface area contributed by atoms with Crippen LogP contribution in [0.5, 0.6) is 0 Å². The summed E-state index contributed by atoms with van der Waals surface area (Å²) in [7, 11) is 1.92. The minimum absolute atomic E-state index is 0.0617. The number of nitrogens with zero attached hydrogens (tertiary/aromatic N) is 1. The lowest BCUT2D eigenvalue weighted by Gasteiger charge is -2.34. The van der Waals surface area contributed by atoms with Gasteiger partial charge in [0.05, 0.1) is 24.0 Å². The molecular formula is C15H23N3O2. The molecule has 0 unspecified atom stereocenters. The van der Waals surface area contributed by atoms with Crippen molar-refractivity contribution >= 4 is 17.3 Å². The molecular weight excluding hydrogens is 254 g/mol. The van der Waals surface area contributed by atoms with Crippen LogP contribution in [-0.2, 0) is 4.79 Å². The molecule has 1 saturated carbocycles. The van der Waals surface area contributed by atoms with Crippen LogP contribution in [0.1, 0.15) is 18.4 Å². The minimum atomic E-state index is -0.144. The maximum Gasteiger partial charge on any atom is 0.238 e. The lowest BCUT2D eigenvalue weighted by molar-refractivity contribution is -0.117. The smallest absolute Gasteiger partial charge is 0.238 e. The Hall–Kier alpha value is -1.59. The van der Waals surface area contributed by atoms with Gasteiger partial charge in [-0.25, -0.2) is 0 Å². The van der Waals surface area contributed by atoms with Crippen molar-refractivity contribution in [2.75, 3.05) is 31.2 Å². The number of rotatable bonds is 5. The fourth-order valence-electron chi connectivity index (χ4n) is 2.64. The Balaban J connectivity index is 1.83. The first-order chi connectivity index (χ1) is 9.45. The van der Waals surface area contributed by atoms with Crippen molar-refractivity contribution in [2.45, 2.75) is 25.9 Å². The van der Waals surface area contributed by atoms with Gasteiger partial charge in [-0.1, -0.05) is 12.1 Å². The number of nitrogens with two attached hydrogens (primary N) is 1. The molecule has 110 valence electrons. The molecule has 5 nitrogen and oxygen atoms in total.